The van der Waals surface area contributed by atoms with Gasteiger partial charge < -0.3 is 15.2 Å². The molecule has 1 atom stereocenters. The van der Waals surface area contributed by atoms with Gasteiger partial charge >= 0.3 is 0 Å². The van der Waals surface area contributed by atoms with E-state index >= 15 is 0 Å². The van der Waals surface area contributed by atoms with Gasteiger partial charge in [-0.25, -0.2) is 0 Å². The van der Waals surface area contributed by atoms with Gasteiger partial charge in [-0.15, -0.1) is 0 Å². The summed E-state index contributed by atoms with van der Waals surface area (Å²) in [5, 5.41) is 11.4. The van der Waals surface area contributed by atoms with Crippen LogP contribution >= 0.6 is 15.9 Å². The number of hydrogen-bond acceptors (Lipinski definition) is 3. The van der Waals surface area contributed by atoms with Crippen LogP contribution in [0.15, 0.2) is 22.7 Å². The molecule has 0 spiro atoms. The van der Waals surface area contributed by atoms with Crippen LogP contribution in [0.5, 0.6) is 5.75 Å². The summed E-state index contributed by atoms with van der Waals surface area (Å²) in [6.45, 7) is 1.65. The van der Waals surface area contributed by atoms with Crippen molar-refractivity contribution in [1.82, 2.24) is 5.32 Å². The Morgan fingerprint density at radius 1 is 1.62 bits per heavy atom. The molecule has 0 aliphatic heterocycles. The number of ether oxygens (including phenoxy) is 1. The van der Waals surface area contributed by atoms with Crippen molar-refractivity contribution in [3.05, 3.63) is 28.2 Å². The lowest BCUT2D eigenvalue weighted by Gasteiger charge is -2.14. The van der Waals surface area contributed by atoms with Gasteiger partial charge in [0, 0.05) is 7.05 Å². The van der Waals surface area contributed by atoms with Crippen LogP contribution in [0.4, 0.5) is 0 Å². The molecule has 2 N–H and O–H groups in total. The lowest BCUT2D eigenvalue weighted by atomic mass is 10.2. The average Bonchev–Trinajstić information content (AvgIpc) is 2.30. The largest absolute Gasteiger partial charge is 0.480 e. The fourth-order valence-corrected chi connectivity index (χ4v) is 1.71. The van der Waals surface area contributed by atoms with Crippen LogP contribution in [0.3, 0.4) is 0 Å². The molecule has 1 amide bonds. The predicted molar refractivity (Wildman–Crippen MR) is 64.2 cm³/mol. The van der Waals surface area contributed by atoms with E-state index in [2.05, 4.69) is 21.2 Å². The monoisotopic (exact) mass is 287 g/mol. The second-order valence-electron chi connectivity index (χ2n) is 3.30. The first-order chi connectivity index (χ1) is 7.58. The van der Waals surface area contributed by atoms with Crippen molar-refractivity contribution in [3.63, 3.8) is 0 Å². The van der Waals surface area contributed by atoms with Crippen molar-refractivity contribution < 1.29 is 14.6 Å². The van der Waals surface area contributed by atoms with Crippen molar-refractivity contribution in [2.45, 2.75) is 19.6 Å². The Bertz CT molecular complexity index is 381. The topological polar surface area (TPSA) is 58.6 Å². The van der Waals surface area contributed by atoms with E-state index in [1.165, 1.54) is 0 Å². The molecule has 0 aliphatic rings. The molecular formula is C11H14BrNO3. The molecule has 0 aromatic heterocycles. The lowest BCUT2D eigenvalue weighted by molar-refractivity contribution is -0.126. The minimum atomic E-state index is -0.554. The number of benzene rings is 1. The van der Waals surface area contributed by atoms with Crippen LogP contribution in [0.25, 0.3) is 0 Å². The highest BCUT2D eigenvalue weighted by Crippen LogP contribution is 2.26. The Kier molecular flexibility index (Phi) is 4.76. The fraction of sp³-hybridized carbons (Fsp3) is 0.364. The molecule has 5 heteroatoms. The van der Waals surface area contributed by atoms with Crippen molar-refractivity contribution in [1.29, 1.82) is 0 Å². The number of rotatable bonds is 4. The number of likely N-dealkylation sites (N-methyl/N-ethyl adjacent to an activating group) is 1. The van der Waals surface area contributed by atoms with Gasteiger partial charge in [-0.2, -0.15) is 0 Å². The summed E-state index contributed by atoms with van der Waals surface area (Å²) in [6, 6.07) is 5.22. The van der Waals surface area contributed by atoms with Crippen molar-refractivity contribution in [3.8, 4) is 5.75 Å². The minimum absolute atomic E-state index is 0.0239. The molecule has 0 saturated carbocycles. The third-order valence-electron chi connectivity index (χ3n) is 2.10. The quantitative estimate of drug-likeness (QED) is 0.881. The number of halogens is 1. The molecule has 0 aliphatic carbocycles. The Hall–Kier alpha value is -1.07. The standard InChI is InChI=1S/C11H14BrNO3/c1-7(11(15)13-2)16-10-4-3-8(6-14)5-9(10)12/h3-5,7,14H,6H2,1-2H3,(H,13,15). The van der Waals surface area contributed by atoms with E-state index in [-0.39, 0.29) is 12.5 Å². The van der Waals surface area contributed by atoms with Crippen LogP contribution in [-0.4, -0.2) is 24.2 Å². The molecule has 0 fully saturated rings. The summed E-state index contributed by atoms with van der Waals surface area (Å²) >= 11 is 3.32. The zero-order valence-electron chi connectivity index (χ0n) is 9.16. The summed E-state index contributed by atoms with van der Waals surface area (Å²) in [4.78, 5) is 11.3. The van der Waals surface area contributed by atoms with Crippen LogP contribution in [-0.2, 0) is 11.4 Å². The maximum Gasteiger partial charge on any atom is 0.260 e. The zero-order chi connectivity index (χ0) is 12.1. The summed E-state index contributed by atoms with van der Waals surface area (Å²) < 4.78 is 6.17. The molecule has 0 radical (unpaired) electrons. The number of aliphatic hydroxyl groups excluding tert-OH is 1. The second kappa shape index (κ2) is 5.86. The van der Waals surface area contributed by atoms with Crippen LogP contribution in [0.1, 0.15) is 12.5 Å². The molecular weight excluding hydrogens is 274 g/mol. The second-order valence-corrected chi connectivity index (χ2v) is 4.15. The summed E-state index contributed by atoms with van der Waals surface area (Å²) in [5.74, 6) is 0.395. The van der Waals surface area contributed by atoms with Gasteiger partial charge in [0.15, 0.2) is 6.10 Å². The van der Waals surface area contributed by atoms with Gasteiger partial charge in [-0.3, -0.25) is 4.79 Å². The maximum atomic E-state index is 11.3. The van der Waals surface area contributed by atoms with E-state index in [9.17, 15) is 4.79 Å². The third kappa shape index (κ3) is 3.21. The molecule has 16 heavy (non-hydrogen) atoms. The Labute approximate surface area is 103 Å². The number of carbonyl (C=O) groups is 1. The summed E-state index contributed by atoms with van der Waals surface area (Å²) in [5.41, 5.74) is 0.784. The van der Waals surface area contributed by atoms with Crippen molar-refractivity contribution in [2.75, 3.05) is 7.05 Å². The van der Waals surface area contributed by atoms with Crippen molar-refractivity contribution >= 4 is 21.8 Å². The van der Waals surface area contributed by atoms with E-state index in [1.54, 1.807) is 32.2 Å². The van der Waals surface area contributed by atoms with Crippen LogP contribution in [0, 0.1) is 0 Å². The van der Waals surface area contributed by atoms with E-state index < -0.39 is 6.10 Å². The minimum Gasteiger partial charge on any atom is -0.480 e. The van der Waals surface area contributed by atoms with Gasteiger partial charge in [0.1, 0.15) is 5.75 Å². The SMILES string of the molecule is CNC(=O)C(C)Oc1ccc(CO)cc1Br. The van der Waals surface area contributed by atoms with Gasteiger partial charge in [-0.1, -0.05) is 6.07 Å². The molecule has 0 saturated heterocycles. The average molecular weight is 288 g/mol. The van der Waals surface area contributed by atoms with Crippen molar-refractivity contribution in [2.24, 2.45) is 0 Å². The van der Waals surface area contributed by atoms with E-state index in [4.69, 9.17) is 9.84 Å². The summed E-state index contributed by atoms with van der Waals surface area (Å²) in [6.07, 6.45) is -0.554. The first-order valence-electron chi connectivity index (χ1n) is 4.86. The molecule has 0 heterocycles. The highest BCUT2D eigenvalue weighted by Gasteiger charge is 2.14. The fourth-order valence-electron chi connectivity index (χ4n) is 1.19. The van der Waals surface area contributed by atoms with E-state index in [1.807, 2.05) is 0 Å². The highest BCUT2D eigenvalue weighted by atomic mass is 79.9. The number of hydrogen-bond donors (Lipinski definition) is 2. The molecule has 1 aromatic rings. The van der Waals surface area contributed by atoms with Gasteiger partial charge in [0.25, 0.3) is 5.91 Å². The van der Waals surface area contributed by atoms with Gasteiger partial charge in [0.05, 0.1) is 11.1 Å². The molecule has 1 rings (SSSR count). The summed E-state index contributed by atoms with van der Waals surface area (Å²) in [7, 11) is 1.56. The first-order valence-corrected chi connectivity index (χ1v) is 5.65. The number of carbonyl (C=O) groups excluding carboxylic acids is 1. The highest BCUT2D eigenvalue weighted by molar-refractivity contribution is 9.10. The number of amides is 1. The molecule has 4 nitrogen and oxygen atoms in total. The Morgan fingerprint density at radius 2 is 2.31 bits per heavy atom. The zero-order valence-corrected chi connectivity index (χ0v) is 10.7. The third-order valence-corrected chi connectivity index (χ3v) is 2.72. The van der Waals surface area contributed by atoms with Gasteiger partial charge in [0.2, 0.25) is 0 Å². The van der Waals surface area contributed by atoms with Gasteiger partial charge in [-0.05, 0) is 40.5 Å². The molecule has 0 bridgehead atoms. The predicted octanol–water partition coefficient (Wildman–Crippen LogP) is 1.45. The van der Waals surface area contributed by atoms with E-state index in [0.29, 0.717) is 5.75 Å². The maximum absolute atomic E-state index is 11.3. The Balaban J connectivity index is 2.78. The normalized spacial score (nSPS) is 12.0. The Morgan fingerprint density at radius 3 is 2.81 bits per heavy atom. The van der Waals surface area contributed by atoms with Crippen LogP contribution < -0.4 is 10.1 Å². The first kappa shape index (κ1) is 13.0. The smallest absolute Gasteiger partial charge is 0.260 e. The molecule has 1 unspecified atom stereocenters. The molecule has 1 aromatic carbocycles. The number of aliphatic hydroxyl groups is 1. The number of nitrogens with one attached hydrogen (secondary N) is 1. The lowest BCUT2D eigenvalue weighted by Crippen LogP contribution is -2.33. The molecule has 88 valence electrons. The van der Waals surface area contributed by atoms with E-state index in [0.717, 1.165) is 10.0 Å². The van der Waals surface area contributed by atoms with Crippen LogP contribution in [0.2, 0.25) is 0 Å².